The maximum Gasteiger partial charge on any atom is 0.304 e. The highest BCUT2D eigenvalue weighted by atomic mass is 28.5. The minimum atomic E-state index is -2.46. The molecule has 12 heteroatoms. The highest BCUT2D eigenvalue weighted by molar-refractivity contribution is 7.01. The van der Waals surface area contributed by atoms with Crippen molar-refractivity contribution >= 4 is 59.9 Å². The summed E-state index contributed by atoms with van der Waals surface area (Å²) in [5.74, 6) is 0. The van der Waals surface area contributed by atoms with Crippen molar-refractivity contribution in [3.63, 3.8) is 0 Å². The Hall–Kier alpha value is 1.06. The molecule has 0 aromatic carbocycles. The first kappa shape index (κ1) is 34.1. The van der Waals surface area contributed by atoms with E-state index in [1.807, 2.05) is 6.92 Å². The third-order valence-electron chi connectivity index (χ3n) is 5.07. The van der Waals surface area contributed by atoms with Crippen LogP contribution in [0.15, 0.2) is 11.3 Å². The van der Waals surface area contributed by atoms with Crippen molar-refractivity contribution in [1.29, 1.82) is 0 Å². The summed E-state index contributed by atoms with van der Waals surface area (Å²) in [7, 11) is -13.6. The van der Waals surface area contributed by atoms with Gasteiger partial charge in [-0.1, -0.05) is 5.70 Å². The molecule has 0 aliphatic heterocycles. The highest BCUT2D eigenvalue weighted by Crippen LogP contribution is 2.44. The van der Waals surface area contributed by atoms with Gasteiger partial charge < -0.3 is 21.2 Å². The van der Waals surface area contributed by atoms with Gasteiger partial charge in [0, 0.05) is 6.61 Å². The molecular formula is C21H56O5Si7. The second-order valence-electron chi connectivity index (χ2n) is 13.5. The Morgan fingerprint density at radius 2 is 1.03 bits per heavy atom. The average Bonchev–Trinajstić information content (AvgIpc) is 2.42. The van der Waals surface area contributed by atoms with Crippen LogP contribution in [0.2, 0.25) is 98.2 Å². The third-order valence-corrected chi connectivity index (χ3v) is 29.5. The Kier molecular flexibility index (Phi) is 12.0. The molecule has 0 aromatic heterocycles. The molecule has 0 heterocycles. The smallest absolute Gasteiger partial charge is 0.304 e. The molecule has 0 atom stereocenters. The summed E-state index contributed by atoms with van der Waals surface area (Å²) in [4.78, 5) is -0.533. The second kappa shape index (κ2) is 11.6. The summed E-state index contributed by atoms with van der Waals surface area (Å²) < 4.78 is 33.9. The average molecular weight is 585 g/mol. The summed E-state index contributed by atoms with van der Waals surface area (Å²) in [6.07, 6.45) is 0. The van der Waals surface area contributed by atoms with E-state index in [2.05, 4.69) is 111 Å². The van der Waals surface area contributed by atoms with Gasteiger partial charge in [0.25, 0.3) is 0 Å². The van der Waals surface area contributed by atoms with E-state index in [9.17, 15) is 0 Å². The van der Waals surface area contributed by atoms with Crippen LogP contribution in [0.4, 0.5) is 0 Å². The maximum absolute atomic E-state index is 7.09. The molecule has 0 spiro atoms. The molecule has 0 radical (unpaired) electrons. The van der Waals surface area contributed by atoms with Gasteiger partial charge in [-0.15, -0.1) is 0 Å². The van der Waals surface area contributed by atoms with E-state index < -0.39 is 64.8 Å². The van der Waals surface area contributed by atoms with Gasteiger partial charge in [-0.2, -0.15) is 0 Å². The normalized spacial score (nSPS) is 16.2. The number of hydrogen-bond donors (Lipinski definition) is 0. The van der Waals surface area contributed by atoms with Crippen LogP contribution in [-0.2, 0) is 21.2 Å². The van der Waals surface area contributed by atoms with Crippen LogP contribution in [-0.4, -0.2) is 71.4 Å². The Bertz CT molecular complexity index is 631. The van der Waals surface area contributed by atoms with Crippen LogP contribution in [0.5, 0.6) is 0 Å². The van der Waals surface area contributed by atoms with Crippen molar-refractivity contribution in [2.75, 3.05) is 6.61 Å². The Morgan fingerprint density at radius 3 is 1.33 bits per heavy atom. The summed E-state index contributed by atoms with van der Waals surface area (Å²) in [6, 6.07) is 0. The lowest BCUT2D eigenvalue weighted by molar-refractivity contribution is 0.167. The Morgan fingerprint density at radius 1 is 0.667 bits per heavy atom. The van der Waals surface area contributed by atoms with E-state index in [1.54, 1.807) is 0 Å². The summed E-state index contributed by atoms with van der Waals surface area (Å²) in [5, 5.41) is 0. The van der Waals surface area contributed by atoms with Crippen LogP contribution in [0.1, 0.15) is 13.8 Å². The molecule has 0 bridgehead atoms. The van der Waals surface area contributed by atoms with Crippen LogP contribution in [0.25, 0.3) is 0 Å². The van der Waals surface area contributed by atoms with Gasteiger partial charge in [0.2, 0.25) is 16.6 Å². The van der Waals surface area contributed by atoms with Crippen molar-refractivity contribution in [2.45, 2.75) is 117 Å². The summed E-state index contributed by atoms with van der Waals surface area (Å²) >= 11 is 0. The fourth-order valence-corrected chi connectivity index (χ4v) is 39.5. The fourth-order valence-electron chi connectivity index (χ4n) is 5.47. The van der Waals surface area contributed by atoms with E-state index in [1.165, 1.54) is 5.57 Å². The van der Waals surface area contributed by atoms with E-state index in [0.29, 0.717) is 6.61 Å². The topological polar surface area (TPSA) is 46.2 Å². The molecule has 0 rings (SSSR count). The fraction of sp³-hybridized carbons (Fsp3) is 0.905. The maximum atomic E-state index is 7.09. The van der Waals surface area contributed by atoms with Crippen LogP contribution >= 0.6 is 0 Å². The zero-order valence-corrected chi connectivity index (χ0v) is 32.4. The Balaban J connectivity index is 7.13. The molecule has 0 unspecified atom stereocenters. The molecule has 0 aromatic rings. The number of hydrogen-bond acceptors (Lipinski definition) is 5. The monoisotopic (exact) mass is 584 g/mol. The predicted octanol–water partition coefficient (Wildman–Crippen LogP) is 6.51. The molecule has 0 fully saturated rings. The van der Waals surface area contributed by atoms with Crippen molar-refractivity contribution in [2.24, 2.45) is 0 Å². The first-order valence-electron chi connectivity index (χ1n) is 12.3. The lowest BCUT2D eigenvalue weighted by Crippen LogP contribution is -2.76. The summed E-state index contributed by atoms with van der Waals surface area (Å²) in [6.45, 7) is 39.5. The quantitative estimate of drug-likeness (QED) is 0.172. The van der Waals surface area contributed by atoms with E-state index >= 15 is 0 Å². The molecule has 0 amide bonds. The predicted molar refractivity (Wildman–Crippen MR) is 163 cm³/mol. The van der Waals surface area contributed by atoms with Crippen molar-refractivity contribution in [3.05, 3.63) is 11.3 Å². The van der Waals surface area contributed by atoms with Gasteiger partial charge in [0.1, 0.15) is 4.85 Å². The molecule has 5 nitrogen and oxygen atoms in total. The molecule has 198 valence electrons. The lowest BCUT2D eigenvalue weighted by atomic mass is 10.4. The van der Waals surface area contributed by atoms with Crippen molar-refractivity contribution < 1.29 is 21.2 Å². The van der Waals surface area contributed by atoms with E-state index in [4.69, 9.17) is 21.2 Å². The van der Waals surface area contributed by atoms with E-state index in [0.717, 1.165) is 0 Å². The van der Waals surface area contributed by atoms with Crippen LogP contribution in [0, 0.1) is 0 Å². The minimum absolute atomic E-state index is 0.533. The van der Waals surface area contributed by atoms with Crippen molar-refractivity contribution in [3.8, 4) is 0 Å². The van der Waals surface area contributed by atoms with E-state index in [-0.39, 0.29) is 0 Å². The van der Waals surface area contributed by atoms with Gasteiger partial charge in [0.05, 0.1) is 0 Å². The van der Waals surface area contributed by atoms with Gasteiger partial charge in [-0.25, -0.2) is 0 Å². The van der Waals surface area contributed by atoms with Gasteiger partial charge in [0.15, 0.2) is 33.3 Å². The first-order valence-corrected chi connectivity index (χ1v) is 32.5. The van der Waals surface area contributed by atoms with Crippen molar-refractivity contribution in [1.82, 2.24) is 0 Å². The highest BCUT2D eigenvalue weighted by Gasteiger charge is 2.64. The molecule has 33 heavy (non-hydrogen) atoms. The van der Waals surface area contributed by atoms with Crippen LogP contribution in [0.3, 0.4) is 0 Å². The molecule has 0 aliphatic rings. The van der Waals surface area contributed by atoms with Crippen LogP contribution < -0.4 is 0 Å². The first-order chi connectivity index (χ1) is 14.3. The van der Waals surface area contributed by atoms with Gasteiger partial charge >= 0.3 is 10.0 Å². The minimum Gasteiger partial charge on any atom is -0.454 e. The Labute approximate surface area is 215 Å². The lowest BCUT2D eigenvalue weighted by Gasteiger charge is -2.56. The SMILES string of the molecule is CCO[SiH2]OC(/C(C)=C/[Si](C)(C)O[Si](C)(C)C)([Si](C)(C)O[Si](C)(C)C)[Si](C)(C)O[Si](C)(C)C. The molecule has 0 aliphatic carbocycles. The standard InChI is InChI=1S/C21H56O5Si7/c1-18-22-27-23-21(32(14,15)25-29(6,7)8,33(16,17)26-30(9,10)11)20(2)19-31(12,13)24-28(3,4)5/h19H,18,27H2,1-17H3/b20-19+. The largest absolute Gasteiger partial charge is 0.454 e. The summed E-state index contributed by atoms with van der Waals surface area (Å²) in [5.41, 5.74) is 3.70. The van der Waals surface area contributed by atoms with Gasteiger partial charge in [-0.05, 0) is 118 Å². The molecule has 0 saturated heterocycles. The van der Waals surface area contributed by atoms with Gasteiger partial charge in [-0.3, -0.25) is 0 Å². The molecular weight excluding hydrogens is 529 g/mol. The zero-order valence-electron chi connectivity index (χ0n) is 25.0. The molecule has 0 saturated carbocycles. The zero-order chi connectivity index (χ0) is 26.7. The molecule has 0 N–H and O–H groups in total. The number of rotatable bonds is 14. The second-order valence-corrected chi connectivity index (χ2v) is 41.0. The third kappa shape index (κ3) is 10.9.